The summed E-state index contributed by atoms with van der Waals surface area (Å²) in [5.41, 5.74) is 6.84. The third-order valence-corrected chi connectivity index (χ3v) is 3.59. The van der Waals surface area contributed by atoms with Gasteiger partial charge in [0.1, 0.15) is 0 Å². The molecule has 1 heterocycles. The van der Waals surface area contributed by atoms with E-state index in [1.807, 2.05) is 24.3 Å². The molecule has 0 saturated carbocycles. The number of thioether (sulfide) groups is 1. The van der Waals surface area contributed by atoms with Crippen LogP contribution in [-0.2, 0) is 0 Å². The van der Waals surface area contributed by atoms with Crippen molar-refractivity contribution in [2.24, 2.45) is 5.73 Å². The van der Waals surface area contributed by atoms with E-state index < -0.39 is 0 Å². The Bertz CT molecular complexity index is 461. The molecule has 1 atom stereocenters. The first kappa shape index (κ1) is 12.4. The molecular weight excluding hydrogens is 254 g/mol. The Morgan fingerprint density at radius 1 is 1.24 bits per heavy atom. The van der Waals surface area contributed by atoms with Crippen molar-refractivity contribution in [1.29, 1.82) is 0 Å². The minimum absolute atomic E-state index is 0.107. The van der Waals surface area contributed by atoms with E-state index >= 15 is 0 Å². The smallest absolute Gasteiger partial charge is 0.0762 e. The standard InChI is InChI=1S/C12H12ClN3S/c13-9-1-3-10(4-2-9)17-8-11(14)12-7-15-5-6-16-12/h1-7,11H,8,14H2. The Balaban J connectivity index is 1.92. The van der Waals surface area contributed by atoms with Crippen molar-refractivity contribution < 1.29 is 0 Å². The number of aromatic nitrogens is 2. The van der Waals surface area contributed by atoms with Gasteiger partial charge in [-0.15, -0.1) is 11.8 Å². The summed E-state index contributed by atoms with van der Waals surface area (Å²) in [5, 5.41) is 0.743. The van der Waals surface area contributed by atoms with Gasteiger partial charge in [0.25, 0.3) is 0 Å². The summed E-state index contributed by atoms with van der Waals surface area (Å²) in [6.07, 6.45) is 5.00. The van der Waals surface area contributed by atoms with E-state index in [1.165, 1.54) is 0 Å². The molecule has 2 rings (SSSR count). The second kappa shape index (κ2) is 6.00. The summed E-state index contributed by atoms with van der Waals surface area (Å²) >= 11 is 7.50. The highest BCUT2D eigenvalue weighted by molar-refractivity contribution is 7.99. The lowest BCUT2D eigenvalue weighted by Gasteiger charge is -2.09. The average molecular weight is 266 g/mol. The van der Waals surface area contributed by atoms with Crippen LogP contribution >= 0.6 is 23.4 Å². The normalized spacial score (nSPS) is 12.4. The van der Waals surface area contributed by atoms with E-state index in [0.29, 0.717) is 0 Å². The average Bonchev–Trinajstić information content (AvgIpc) is 2.39. The highest BCUT2D eigenvalue weighted by Crippen LogP contribution is 2.23. The summed E-state index contributed by atoms with van der Waals surface area (Å²) in [4.78, 5) is 9.33. The lowest BCUT2D eigenvalue weighted by Crippen LogP contribution is -2.14. The van der Waals surface area contributed by atoms with E-state index in [1.54, 1.807) is 30.4 Å². The molecule has 0 bridgehead atoms. The van der Waals surface area contributed by atoms with E-state index in [9.17, 15) is 0 Å². The molecule has 2 aromatic rings. The predicted octanol–water partition coefficient (Wildman–Crippen LogP) is 2.92. The molecule has 88 valence electrons. The van der Waals surface area contributed by atoms with Gasteiger partial charge in [0.2, 0.25) is 0 Å². The third kappa shape index (κ3) is 3.70. The number of hydrogen-bond donors (Lipinski definition) is 1. The van der Waals surface area contributed by atoms with Crippen molar-refractivity contribution in [3.63, 3.8) is 0 Å². The molecule has 5 heteroatoms. The van der Waals surface area contributed by atoms with Crippen LogP contribution in [0.5, 0.6) is 0 Å². The molecule has 0 fully saturated rings. The molecule has 1 aromatic carbocycles. The van der Waals surface area contributed by atoms with Crippen molar-refractivity contribution >= 4 is 23.4 Å². The number of benzene rings is 1. The molecule has 0 aliphatic carbocycles. The lowest BCUT2D eigenvalue weighted by molar-refractivity contribution is 0.783. The van der Waals surface area contributed by atoms with Gasteiger partial charge in [0.05, 0.1) is 11.7 Å². The molecule has 1 unspecified atom stereocenters. The Morgan fingerprint density at radius 2 is 2.00 bits per heavy atom. The van der Waals surface area contributed by atoms with Crippen LogP contribution in [0.4, 0.5) is 0 Å². The van der Waals surface area contributed by atoms with Gasteiger partial charge in [-0.05, 0) is 24.3 Å². The van der Waals surface area contributed by atoms with E-state index in [-0.39, 0.29) is 6.04 Å². The predicted molar refractivity (Wildman–Crippen MR) is 71.1 cm³/mol. The van der Waals surface area contributed by atoms with Crippen LogP contribution in [0.25, 0.3) is 0 Å². The summed E-state index contributed by atoms with van der Waals surface area (Å²) in [5.74, 6) is 0.764. The largest absolute Gasteiger partial charge is 0.322 e. The maximum atomic E-state index is 6.02. The van der Waals surface area contributed by atoms with Crippen molar-refractivity contribution in [2.45, 2.75) is 10.9 Å². The highest BCUT2D eigenvalue weighted by atomic mass is 35.5. The first-order valence-corrected chi connectivity index (χ1v) is 6.52. The summed E-state index contributed by atoms with van der Waals surface area (Å²) in [7, 11) is 0. The van der Waals surface area contributed by atoms with Crippen LogP contribution in [0, 0.1) is 0 Å². The van der Waals surface area contributed by atoms with Crippen LogP contribution in [0.15, 0.2) is 47.8 Å². The molecule has 0 radical (unpaired) electrons. The van der Waals surface area contributed by atoms with E-state index in [2.05, 4.69) is 9.97 Å². The molecule has 2 N–H and O–H groups in total. The van der Waals surface area contributed by atoms with Gasteiger partial charge in [-0.1, -0.05) is 11.6 Å². The molecule has 1 aromatic heterocycles. The zero-order chi connectivity index (χ0) is 12.1. The Labute approximate surface area is 109 Å². The van der Waals surface area contributed by atoms with Crippen molar-refractivity contribution in [3.05, 3.63) is 53.6 Å². The fourth-order valence-electron chi connectivity index (χ4n) is 1.30. The van der Waals surface area contributed by atoms with E-state index in [0.717, 1.165) is 21.4 Å². The van der Waals surface area contributed by atoms with Crippen LogP contribution in [-0.4, -0.2) is 15.7 Å². The quantitative estimate of drug-likeness (QED) is 0.864. The summed E-state index contributed by atoms with van der Waals surface area (Å²) < 4.78 is 0. The summed E-state index contributed by atoms with van der Waals surface area (Å²) in [6.45, 7) is 0. The van der Waals surface area contributed by atoms with Gasteiger partial charge in [0.15, 0.2) is 0 Å². The first-order valence-electron chi connectivity index (χ1n) is 5.15. The summed E-state index contributed by atoms with van der Waals surface area (Å²) in [6, 6.07) is 7.60. The van der Waals surface area contributed by atoms with Crippen LogP contribution < -0.4 is 5.73 Å². The van der Waals surface area contributed by atoms with Gasteiger partial charge >= 0.3 is 0 Å². The molecule has 0 saturated heterocycles. The zero-order valence-electron chi connectivity index (χ0n) is 9.08. The van der Waals surface area contributed by atoms with Crippen molar-refractivity contribution in [1.82, 2.24) is 9.97 Å². The van der Waals surface area contributed by atoms with Gasteiger partial charge in [0, 0.05) is 34.3 Å². The number of hydrogen-bond acceptors (Lipinski definition) is 4. The second-order valence-corrected chi connectivity index (χ2v) is 5.03. The maximum Gasteiger partial charge on any atom is 0.0762 e. The Kier molecular flexibility index (Phi) is 4.36. The van der Waals surface area contributed by atoms with Gasteiger partial charge < -0.3 is 5.73 Å². The minimum Gasteiger partial charge on any atom is -0.322 e. The number of halogens is 1. The molecule has 0 aliphatic heterocycles. The number of nitrogens with two attached hydrogens (primary N) is 1. The van der Waals surface area contributed by atoms with Crippen molar-refractivity contribution in [2.75, 3.05) is 5.75 Å². The molecule has 0 amide bonds. The zero-order valence-corrected chi connectivity index (χ0v) is 10.7. The van der Waals surface area contributed by atoms with E-state index in [4.69, 9.17) is 17.3 Å². The second-order valence-electron chi connectivity index (χ2n) is 3.50. The molecule has 0 aliphatic rings. The van der Waals surface area contributed by atoms with Gasteiger partial charge in [-0.25, -0.2) is 0 Å². The van der Waals surface area contributed by atoms with Crippen LogP contribution in [0.1, 0.15) is 11.7 Å². The molecule has 17 heavy (non-hydrogen) atoms. The molecular formula is C12H12ClN3S. The maximum absolute atomic E-state index is 6.02. The first-order chi connectivity index (χ1) is 8.25. The molecule has 3 nitrogen and oxygen atoms in total. The monoisotopic (exact) mass is 265 g/mol. The third-order valence-electron chi connectivity index (χ3n) is 2.21. The highest BCUT2D eigenvalue weighted by Gasteiger charge is 2.07. The molecule has 0 spiro atoms. The lowest BCUT2D eigenvalue weighted by atomic mass is 10.3. The Hall–Kier alpha value is -1.10. The Morgan fingerprint density at radius 3 is 2.65 bits per heavy atom. The van der Waals surface area contributed by atoms with Gasteiger partial charge in [-0.2, -0.15) is 0 Å². The SMILES string of the molecule is NC(CSc1ccc(Cl)cc1)c1cnccn1. The number of rotatable bonds is 4. The topological polar surface area (TPSA) is 51.8 Å². The fraction of sp³-hybridized carbons (Fsp3) is 0.167. The van der Waals surface area contributed by atoms with Gasteiger partial charge in [-0.3, -0.25) is 9.97 Å². The van der Waals surface area contributed by atoms with Crippen LogP contribution in [0.2, 0.25) is 5.02 Å². The number of nitrogens with zero attached hydrogens (tertiary/aromatic N) is 2. The fourth-order valence-corrected chi connectivity index (χ4v) is 2.30. The van der Waals surface area contributed by atoms with Crippen LogP contribution in [0.3, 0.4) is 0 Å². The van der Waals surface area contributed by atoms with Crippen molar-refractivity contribution in [3.8, 4) is 0 Å². The minimum atomic E-state index is -0.107.